The van der Waals surface area contributed by atoms with Gasteiger partial charge < -0.3 is 0 Å². The standard InChI is InChI=1S/C21H24/c1-14(2)16-5-7-18(11-16)20-9-10-21(13-20)19-8-6-17(12-19)15(3)4/h5-10H,11-13H2,1-4H3/b20-18+,21-19+. The molecule has 0 aliphatic heterocycles. The number of allylic oxidation sites excluding steroid dienone is 14. The molecule has 0 saturated carbocycles. The predicted molar refractivity (Wildman–Crippen MR) is 92.1 cm³/mol. The molecule has 21 heavy (non-hydrogen) atoms. The summed E-state index contributed by atoms with van der Waals surface area (Å²) in [5.41, 5.74) is 11.9. The predicted octanol–water partition coefficient (Wildman–Crippen LogP) is 6.13. The number of hydrogen-bond donors (Lipinski definition) is 0. The van der Waals surface area contributed by atoms with Gasteiger partial charge in [0, 0.05) is 0 Å². The second-order valence-electron chi connectivity index (χ2n) is 6.68. The van der Waals surface area contributed by atoms with Crippen molar-refractivity contribution in [1.29, 1.82) is 0 Å². The van der Waals surface area contributed by atoms with Crippen LogP contribution in [0.15, 0.2) is 81.0 Å². The van der Waals surface area contributed by atoms with E-state index in [1.54, 1.807) is 0 Å². The zero-order valence-corrected chi connectivity index (χ0v) is 13.6. The van der Waals surface area contributed by atoms with Crippen molar-refractivity contribution >= 4 is 0 Å². The lowest BCUT2D eigenvalue weighted by Crippen LogP contribution is -1.86. The average molecular weight is 276 g/mol. The molecular weight excluding hydrogens is 252 g/mol. The molecule has 0 saturated heterocycles. The summed E-state index contributed by atoms with van der Waals surface area (Å²) in [5, 5.41) is 0. The third-order valence-electron chi connectivity index (χ3n) is 4.71. The van der Waals surface area contributed by atoms with Crippen molar-refractivity contribution in [2.24, 2.45) is 0 Å². The number of rotatable bonds is 0. The Bertz CT molecular complexity index is 626. The fourth-order valence-corrected chi connectivity index (χ4v) is 3.14. The topological polar surface area (TPSA) is 0 Å². The van der Waals surface area contributed by atoms with Crippen molar-refractivity contribution in [1.82, 2.24) is 0 Å². The van der Waals surface area contributed by atoms with Crippen LogP contribution in [-0.4, -0.2) is 0 Å². The van der Waals surface area contributed by atoms with Crippen LogP contribution in [0.3, 0.4) is 0 Å². The first-order valence-electron chi connectivity index (χ1n) is 7.85. The van der Waals surface area contributed by atoms with E-state index in [-0.39, 0.29) is 0 Å². The molecule has 0 amide bonds. The SMILES string of the molecule is CC(C)=C1C=C/C(=C2C=C/C(=C3/C=CC(=C(C)C)C3)C/2)C1. The molecule has 108 valence electrons. The molecule has 3 aliphatic carbocycles. The Labute approximate surface area is 128 Å². The molecule has 0 N–H and O–H groups in total. The molecule has 3 aliphatic rings. The third-order valence-corrected chi connectivity index (χ3v) is 4.71. The molecule has 0 heterocycles. The van der Waals surface area contributed by atoms with Crippen LogP contribution in [0, 0.1) is 0 Å². The molecule has 0 aromatic heterocycles. The zero-order valence-electron chi connectivity index (χ0n) is 13.6. The molecule has 3 rings (SSSR count). The summed E-state index contributed by atoms with van der Waals surface area (Å²) in [5.74, 6) is 0. The van der Waals surface area contributed by atoms with Crippen molar-refractivity contribution in [2.75, 3.05) is 0 Å². The average Bonchev–Trinajstić information content (AvgIpc) is 3.18. The van der Waals surface area contributed by atoms with Gasteiger partial charge in [-0.1, -0.05) is 47.6 Å². The second kappa shape index (κ2) is 5.52. The van der Waals surface area contributed by atoms with Gasteiger partial charge in [0.25, 0.3) is 0 Å². The van der Waals surface area contributed by atoms with Gasteiger partial charge in [-0.25, -0.2) is 0 Å². The molecule has 0 nitrogen and oxygen atoms in total. The summed E-state index contributed by atoms with van der Waals surface area (Å²) < 4.78 is 0. The Morgan fingerprint density at radius 1 is 0.524 bits per heavy atom. The molecule has 0 bridgehead atoms. The van der Waals surface area contributed by atoms with E-state index in [9.17, 15) is 0 Å². The smallest absolute Gasteiger partial charge is 0.00201 e. The molecule has 0 spiro atoms. The van der Waals surface area contributed by atoms with Crippen LogP contribution in [0.25, 0.3) is 0 Å². The van der Waals surface area contributed by atoms with Crippen molar-refractivity contribution in [3.05, 3.63) is 81.0 Å². The van der Waals surface area contributed by atoms with Gasteiger partial charge in [0.15, 0.2) is 0 Å². The Balaban J connectivity index is 1.82. The molecule has 0 unspecified atom stereocenters. The summed E-state index contributed by atoms with van der Waals surface area (Å²) in [6, 6.07) is 0. The van der Waals surface area contributed by atoms with Crippen LogP contribution in [0.1, 0.15) is 47.0 Å². The molecule has 0 aromatic rings. The Hall–Kier alpha value is -1.82. The summed E-state index contributed by atoms with van der Waals surface area (Å²) in [6.07, 6.45) is 17.2. The van der Waals surface area contributed by atoms with Crippen LogP contribution in [0.2, 0.25) is 0 Å². The summed E-state index contributed by atoms with van der Waals surface area (Å²) in [6.45, 7) is 8.82. The highest BCUT2D eigenvalue weighted by Crippen LogP contribution is 2.37. The van der Waals surface area contributed by atoms with Crippen LogP contribution in [-0.2, 0) is 0 Å². The monoisotopic (exact) mass is 276 g/mol. The van der Waals surface area contributed by atoms with E-state index in [2.05, 4.69) is 64.2 Å². The van der Waals surface area contributed by atoms with Crippen LogP contribution >= 0.6 is 0 Å². The maximum absolute atomic E-state index is 2.32. The first-order valence-corrected chi connectivity index (χ1v) is 7.85. The van der Waals surface area contributed by atoms with E-state index in [0.717, 1.165) is 19.3 Å². The molecule has 0 aromatic carbocycles. The van der Waals surface area contributed by atoms with E-state index in [1.165, 1.54) is 44.6 Å². The molecule has 0 radical (unpaired) electrons. The van der Waals surface area contributed by atoms with Gasteiger partial charge in [-0.15, -0.1) is 0 Å². The quantitative estimate of drug-likeness (QED) is 0.499. The first-order chi connectivity index (χ1) is 10.0. The van der Waals surface area contributed by atoms with E-state index in [0.29, 0.717) is 0 Å². The minimum atomic E-state index is 1.10. The molecule has 0 fully saturated rings. The van der Waals surface area contributed by atoms with Crippen LogP contribution in [0.4, 0.5) is 0 Å². The van der Waals surface area contributed by atoms with Gasteiger partial charge in [-0.2, -0.15) is 0 Å². The van der Waals surface area contributed by atoms with Gasteiger partial charge >= 0.3 is 0 Å². The van der Waals surface area contributed by atoms with Gasteiger partial charge in [0.2, 0.25) is 0 Å². The Morgan fingerprint density at radius 2 is 0.857 bits per heavy atom. The molecule has 0 atom stereocenters. The van der Waals surface area contributed by atoms with Gasteiger partial charge in [0.05, 0.1) is 0 Å². The molecular formula is C21H24. The summed E-state index contributed by atoms with van der Waals surface area (Å²) >= 11 is 0. The minimum absolute atomic E-state index is 1.10. The van der Waals surface area contributed by atoms with Gasteiger partial charge in [-0.3, -0.25) is 0 Å². The lowest BCUT2D eigenvalue weighted by atomic mass is 10.00. The van der Waals surface area contributed by atoms with Crippen molar-refractivity contribution in [3.8, 4) is 0 Å². The summed E-state index contributed by atoms with van der Waals surface area (Å²) in [4.78, 5) is 0. The summed E-state index contributed by atoms with van der Waals surface area (Å²) in [7, 11) is 0. The van der Waals surface area contributed by atoms with Crippen molar-refractivity contribution < 1.29 is 0 Å². The molecule has 0 heteroatoms. The maximum Gasteiger partial charge on any atom is -0.00201 e. The van der Waals surface area contributed by atoms with E-state index in [4.69, 9.17) is 0 Å². The largest absolute Gasteiger partial charge is 0.0729 e. The minimum Gasteiger partial charge on any atom is -0.0729 e. The fraction of sp³-hybridized carbons (Fsp3) is 0.333. The van der Waals surface area contributed by atoms with Crippen LogP contribution < -0.4 is 0 Å². The zero-order chi connectivity index (χ0) is 15.0. The first kappa shape index (κ1) is 14.1. The normalized spacial score (nSPS) is 27.4. The second-order valence-corrected chi connectivity index (χ2v) is 6.68. The lowest BCUT2D eigenvalue weighted by Gasteiger charge is -2.05. The van der Waals surface area contributed by atoms with Gasteiger partial charge in [-0.05, 0) is 80.4 Å². The Kier molecular flexibility index (Phi) is 3.71. The van der Waals surface area contributed by atoms with E-state index < -0.39 is 0 Å². The highest BCUT2D eigenvalue weighted by molar-refractivity contribution is 5.56. The highest BCUT2D eigenvalue weighted by Gasteiger charge is 2.18. The van der Waals surface area contributed by atoms with Crippen molar-refractivity contribution in [2.45, 2.75) is 47.0 Å². The van der Waals surface area contributed by atoms with Crippen molar-refractivity contribution in [3.63, 3.8) is 0 Å². The highest BCUT2D eigenvalue weighted by atomic mass is 14.2. The maximum atomic E-state index is 2.32. The van der Waals surface area contributed by atoms with Crippen LogP contribution in [0.5, 0.6) is 0 Å². The van der Waals surface area contributed by atoms with Gasteiger partial charge in [0.1, 0.15) is 0 Å². The van der Waals surface area contributed by atoms with E-state index in [1.807, 2.05) is 0 Å². The number of hydrogen-bond acceptors (Lipinski definition) is 0. The third kappa shape index (κ3) is 2.81. The Morgan fingerprint density at radius 3 is 1.19 bits per heavy atom. The fourth-order valence-electron chi connectivity index (χ4n) is 3.14. The lowest BCUT2D eigenvalue weighted by molar-refractivity contribution is 1.11. The van der Waals surface area contributed by atoms with E-state index >= 15 is 0 Å².